The number of hydrogen-bond donors (Lipinski definition) is 1. The highest BCUT2D eigenvalue weighted by Gasteiger charge is 2.59. The molecule has 1 saturated carbocycles. The molecule has 0 bridgehead atoms. The summed E-state index contributed by atoms with van der Waals surface area (Å²) >= 11 is 1.84. The molecule has 1 N–H and O–H groups in total. The lowest BCUT2D eigenvalue weighted by Gasteiger charge is -2.27. The Hall–Kier alpha value is -1.68. The van der Waals surface area contributed by atoms with Crippen LogP contribution in [0.2, 0.25) is 0 Å². The van der Waals surface area contributed by atoms with Crippen LogP contribution in [0.3, 0.4) is 0 Å². The molecular weight excluding hydrogens is 394 g/mol. The molecule has 1 unspecified atom stereocenters. The first-order valence-corrected chi connectivity index (χ1v) is 10.4. The van der Waals surface area contributed by atoms with Crippen LogP contribution in [-0.4, -0.2) is 67.8 Å². The number of carbonyl (C=O) groups excluding carboxylic acids is 5. The molecule has 1 spiro atoms. The summed E-state index contributed by atoms with van der Waals surface area (Å²) in [7, 11) is 0. The number of thioether (sulfide) groups is 2. The minimum Gasteiger partial charge on any atom is -0.480 e. The minimum atomic E-state index is -1.43. The van der Waals surface area contributed by atoms with E-state index in [-0.39, 0.29) is 59.1 Å². The van der Waals surface area contributed by atoms with Gasteiger partial charge in [0.15, 0.2) is 10.2 Å². The van der Waals surface area contributed by atoms with Crippen LogP contribution < -0.4 is 0 Å². The van der Waals surface area contributed by atoms with Gasteiger partial charge in [-0.25, -0.2) is 4.79 Å². The molecule has 2 fully saturated rings. The summed E-state index contributed by atoms with van der Waals surface area (Å²) in [4.78, 5) is 72.9. The molecule has 1 aliphatic heterocycles. The van der Waals surface area contributed by atoms with Crippen LogP contribution in [0, 0.1) is 11.3 Å². The predicted octanol–water partition coefficient (Wildman–Crippen LogP) is 0.766. The van der Waals surface area contributed by atoms with Crippen LogP contribution in [0.1, 0.15) is 33.1 Å². The zero-order valence-electron chi connectivity index (χ0n) is 15.1. The summed E-state index contributed by atoms with van der Waals surface area (Å²) < 4.78 is 0. The van der Waals surface area contributed by atoms with Crippen molar-refractivity contribution in [1.82, 2.24) is 4.90 Å². The molecule has 1 aliphatic carbocycles. The van der Waals surface area contributed by atoms with E-state index in [0.29, 0.717) is 0 Å². The topological polar surface area (TPSA) is 126 Å². The molecule has 0 aromatic rings. The maximum Gasteiger partial charge on any atom is 0.326 e. The minimum absolute atomic E-state index is 0.0665. The van der Waals surface area contributed by atoms with E-state index >= 15 is 0 Å². The highest BCUT2D eigenvalue weighted by Crippen LogP contribution is 2.43. The number of aliphatic carboxylic acids is 1. The smallest absolute Gasteiger partial charge is 0.326 e. The molecule has 1 heterocycles. The molecule has 1 saturated heterocycles. The quantitative estimate of drug-likeness (QED) is 0.626. The molecule has 0 aromatic carbocycles. The number of amides is 1. The van der Waals surface area contributed by atoms with Crippen molar-refractivity contribution in [3.8, 4) is 0 Å². The molecule has 0 radical (unpaired) electrons. The van der Waals surface area contributed by atoms with Gasteiger partial charge in [0.2, 0.25) is 5.91 Å². The number of carboxylic acids is 1. The van der Waals surface area contributed by atoms with Crippen molar-refractivity contribution < 1.29 is 33.9 Å². The summed E-state index contributed by atoms with van der Waals surface area (Å²) in [5.41, 5.74) is -1.43. The summed E-state index contributed by atoms with van der Waals surface area (Å²) in [6.07, 6.45) is -0.0772. The fourth-order valence-electron chi connectivity index (χ4n) is 3.48. The number of carboxylic acid groups (broad SMARTS) is 1. The standard InChI is InChI=1S/C17H21NO7S2/c1-9(19)26-6-11(7-27-10(2)20)15(23)18-8-17(5-12(18)16(24)25)13(21)3-4-14(17)22/h11-12H,3-8H2,1-2H3,(H,24,25). The second-order valence-corrected chi connectivity index (χ2v) is 9.15. The van der Waals surface area contributed by atoms with Gasteiger partial charge in [0, 0.05) is 44.7 Å². The number of Topliss-reactive ketones (excluding diaryl/α,β-unsaturated/α-hetero) is 2. The normalized spacial score (nSPS) is 21.3. The summed E-state index contributed by atoms with van der Waals surface area (Å²) in [5.74, 6) is -3.02. The van der Waals surface area contributed by atoms with E-state index in [1.165, 1.54) is 13.8 Å². The lowest BCUT2D eigenvalue weighted by molar-refractivity contribution is -0.149. The Morgan fingerprint density at radius 2 is 1.56 bits per heavy atom. The number of ketones is 2. The van der Waals surface area contributed by atoms with Crippen LogP contribution in [0.4, 0.5) is 0 Å². The van der Waals surface area contributed by atoms with Gasteiger partial charge in [0.25, 0.3) is 0 Å². The van der Waals surface area contributed by atoms with Crippen LogP contribution in [0.5, 0.6) is 0 Å². The summed E-state index contributed by atoms with van der Waals surface area (Å²) in [6, 6.07) is -1.27. The number of carbonyl (C=O) groups is 6. The van der Waals surface area contributed by atoms with Gasteiger partial charge in [-0.1, -0.05) is 23.5 Å². The van der Waals surface area contributed by atoms with Gasteiger partial charge in [-0.05, 0) is 6.42 Å². The van der Waals surface area contributed by atoms with Crippen molar-refractivity contribution in [3.05, 3.63) is 0 Å². The van der Waals surface area contributed by atoms with Crippen molar-refractivity contribution in [2.75, 3.05) is 18.1 Å². The average Bonchev–Trinajstić information content (AvgIpc) is 3.11. The zero-order chi connectivity index (χ0) is 20.4. The highest BCUT2D eigenvalue weighted by atomic mass is 32.2. The lowest BCUT2D eigenvalue weighted by atomic mass is 9.82. The van der Waals surface area contributed by atoms with Gasteiger partial charge in [0.1, 0.15) is 23.0 Å². The first-order valence-electron chi connectivity index (χ1n) is 8.45. The maximum atomic E-state index is 13.0. The lowest BCUT2D eigenvalue weighted by Crippen LogP contribution is -2.45. The molecule has 0 aromatic heterocycles. The zero-order valence-corrected chi connectivity index (χ0v) is 16.7. The van der Waals surface area contributed by atoms with E-state index in [2.05, 4.69) is 0 Å². The second-order valence-electron chi connectivity index (χ2n) is 6.75. The van der Waals surface area contributed by atoms with Gasteiger partial charge in [0.05, 0.1) is 5.92 Å². The molecule has 10 heteroatoms. The maximum absolute atomic E-state index is 13.0. The van der Waals surface area contributed by atoms with E-state index in [0.717, 1.165) is 28.4 Å². The number of likely N-dealkylation sites (tertiary alicyclic amines) is 1. The first-order chi connectivity index (χ1) is 12.6. The van der Waals surface area contributed by atoms with Crippen molar-refractivity contribution in [3.63, 3.8) is 0 Å². The molecule has 2 aliphatic rings. The molecule has 1 atom stereocenters. The Morgan fingerprint density at radius 1 is 1.07 bits per heavy atom. The van der Waals surface area contributed by atoms with Crippen molar-refractivity contribution in [1.29, 1.82) is 0 Å². The third-order valence-electron chi connectivity index (χ3n) is 4.90. The fraction of sp³-hybridized carbons (Fsp3) is 0.647. The fourth-order valence-corrected chi connectivity index (χ4v) is 5.03. The van der Waals surface area contributed by atoms with Gasteiger partial charge in [-0.15, -0.1) is 0 Å². The van der Waals surface area contributed by atoms with Gasteiger partial charge in [-0.2, -0.15) is 0 Å². The van der Waals surface area contributed by atoms with Gasteiger partial charge < -0.3 is 10.0 Å². The predicted molar refractivity (Wildman–Crippen MR) is 99.2 cm³/mol. The van der Waals surface area contributed by atoms with Crippen LogP contribution >= 0.6 is 23.5 Å². The Labute approximate surface area is 164 Å². The van der Waals surface area contributed by atoms with E-state index in [4.69, 9.17) is 0 Å². The Balaban J connectivity index is 2.26. The molecular formula is C17H21NO7S2. The Kier molecular flexibility index (Phi) is 6.85. The first kappa shape index (κ1) is 21.6. The number of nitrogens with zero attached hydrogens (tertiary/aromatic N) is 1. The SMILES string of the molecule is CC(=O)SCC(CSC(C)=O)C(=O)N1CC2(CC1C(=O)O)C(=O)CCC2=O. The molecule has 27 heavy (non-hydrogen) atoms. The molecule has 148 valence electrons. The Bertz CT molecular complexity index is 671. The third-order valence-corrected chi connectivity index (χ3v) is 6.85. The molecule has 8 nitrogen and oxygen atoms in total. The van der Waals surface area contributed by atoms with E-state index in [9.17, 15) is 33.9 Å². The van der Waals surface area contributed by atoms with E-state index < -0.39 is 29.3 Å². The summed E-state index contributed by atoms with van der Waals surface area (Å²) in [6.45, 7) is 2.46. The third kappa shape index (κ3) is 4.60. The van der Waals surface area contributed by atoms with Crippen molar-refractivity contribution in [2.45, 2.75) is 39.2 Å². The monoisotopic (exact) mass is 415 g/mol. The van der Waals surface area contributed by atoms with Gasteiger partial charge >= 0.3 is 5.97 Å². The summed E-state index contributed by atoms with van der Waals surface area (Å²) in [5, 5.41) is 9.13. The van der Waals surface area contributed by atoms with Crippen LogP contribution in [0.25, 0.3) is 0 Å². The highest BCUT2D eigenvalue weighted by molar-refractivity contribution is 8.14. The molecule has 1 amide bonds. The van der Waals surface area contributed by atoms with Crippen LogP contribution in [0.15, 0.2) is 0 Å². The van der Waals surface area contributed by atoms with E-state index in [1.807, 2.05) is 0 Å². The van der Waals surface area contributed by atoms with Gasteiger partial charge in [-0.3, -0.25) is 24.0 Å². The van der Waals surface area contributed by atoms with E-state index in [1.54, 1.807) is 0 Å². The van der Waals surface area contributed by atoms with Crippen molar-refractivity contribution in [2.24, 2.45) is 11.3 Å². The molecule has 2 rings (SSSR count). The Morgan fingerprint density at radius 3 is 1.96 bits per heavy atom. The largest absolute Gasteiger partial charge is 0.480 e. The van der Waals surface area contributed by atoms with Crippen molar-refractivity contribution >= 4 is 57.2 Å². The average molecular weight is 415 g/mol. The number of hydrogen-bond acceptors (Lipinski definition) is 8. The second kappa shape index (κ2) is 8.55. The number of rotatable bonds is 6. The van der Waals surface area contributed by atoms with Crippen LogP contribution in [-0.2, 0) is 28.8 Å².